The second kappa shape index (κ2) is 7.04. The molecule has 0 aliphatic heterocycles. The van der Waals surface area contributed by atoms with Gasteiger partial charge in [-0.05, 0) is 25.3 Å². The van der Waals surface area contributed by atoms with Crippen LogP contribution < -0.4 is 16.6 Å². The van der Waals surface area contributed by atoms with Crippen LogP contribution >= 0.6 is 0 Å². The second-order valence-corrected chi connectivity index (χ2v) is 4.79. The molecule has 0 aliphatic rings. The summed E-state index contributed by atoms with van der Waals surface area (Å²) in [7, 11) is 0. The Morgan fingerprint density at radius 3 is 2.79 bits per heavy atom. The van der Waals surface area contributed by atoms with Gasteiger partial charge in [-0.15, -0.1) is 0 Å². The molecule has 0 aliphatic carbocycles. The Labute approximate surface area is 112 Å². The van der Waals surface area contributed by atoms with Gasteiger partial charge < -0.3 is 10.7 Å². The number of nitrogens with zero attached hydrogens (tertiary/aromatic N) is 1. The van der Waals surface area contributed by atoms with Gasteiger partial charge in [0.05, 0.1) is 5.56 Å². The minimum atomic E-state index is -0.738. The summed E-state index contributed by atoms with van der Waals surface area (Å²) in [4.78, 5) is 15.7. The van der Waals surface area contributed by atoms with Gasteiger partial charge in [0.25, 0.3) is 5.91 Å². The van der Waals surface area contributed by atoms with E-state index in [0.717, 1.165) is 12.8 Å². The molecule has 0 radical (unpaired) electrons. The Morgan fingerprint density at radius 2 is 2.21 bits per heavy atom. The molecule has 106 valence electrons. The molecule has 1 heterocycles. The van der Waals surface area contributed by atoms with Gasteiger partial charge in [-0.1, -0.05) is 20.3 Å². The number of rotatable bonds is 6. The number of carbonyl (C=O) groups excluding carboxylic acids is 1. The number of anilines is 1. The summed E-state index contributed by atoms with van der Waals surface area (Å²) in [5.41, 5.74) is 2.06. The van der Waals surface area contributed by atoms with Crippen molar-refractivity contribution >= 4 is 11.7 Å². The average Bonchev–Trinajstić information content (AvgIpc) is 2.38. The third-order valence-electron chi connectivity index (χ3n) is 3.10. The van der Waals surface area contributed by atoms with Crippen molar-refractivity contribution in [3.05, 3.63) is 23.6 Å². The Morgan fingerprint density at radius 1 is 1.53 bits per heavy atom. The molecule has 0 bridgehead atoms. The smallest absolute Gasteiger partial charge is 0.254 e. The Balaban J connectivity index is 2.73. The minimum Gasteiger partial charge on any atom is -0.349 e. The van der Waals surface area contributed by atoms with E-state index in [4.69, 9.17) is 5.84 Å². The van der Waals surface area contributed by atoms with Gasteiger partial charge in [-0.3, -0.25) is 4.79 Å². The number of hydrogen-bond donors (Lipinski definition) is 3. The molecule has 2 atom stereocenters. The average molecular weight is 268 g/mol. The van der Waals surface area contributed by atoms with Gasteiger partial charge in [0.15, 0.2) is 11.6 Å². The van der Waals surface area contributed by atoms with Crippen molar-refractivity contribution in [3.8, 4) is 0 Å². The molecule has 5 nitrogen and oxygen atoms in total. The molecular formula is C13H21FN4O. The number of nitrogens with one attached hydrogen (secondary N) is 2. The summed E-state index contributed by atoms with van der Waals surface area (Å²) < 4.78 is 13.8. The topological polar surface area (TPSA) is 80.0 Å². The van der Waals surface area contributed by atoms with E-state index in [1.807, 2.05) is 6.92 Å². The molecule has 1 amide bonds. The number of nitrogens with two attached hydrogens (primary N) is 1. The van der Waals surface area contributed by atoms with Crippen molar-refractivity contribution in [1.82, 2.24) is 10.3 Å². The lowest BCUT2D eigenvalue weighted by Gasteiger charge is -2.17. The highest BCUT2D eigenvalue weighted by molar-refractivity contribution is 5.95. The summed E-state index contributed by atoms with van der Waals surface area (Å²) >= 11 is 0. The number of pyridine rings is 1. The SMILES string of the molecule is CCC(C)CC(C)NC(=O)c1ccnc(NN)c1F. The predicted octanol–water partition coefficient (Wildman–Crippen LogP) is 2.06. The summed E-state index contributed by atoms with van der Waals surface area (Å²) in [6.45, 7) is 6.12. The molecule has 6 heteroatoms. The largest absolute Gasteiger partial charge is 0.349 e. The molecule has 0 saturated heterocycles. The van der Waals surface area contributed by atoms with Gasteiger partial charge in [0.2, 0.25) is 0 Å². The number of carbonyl (C=O) groups is 1. The van der Waals surface area contributed by atoms with E-state index in [9.17, 15) is 9.18 Å². The van der Waals surface area contributed by atoms with Crippen LogP contribution in [0.15, 0.2) is 12.3 Å². The van der Waals surface area contributed by atoms with Crippen molar-refractivity contribution in [1.29, 1.82) is 0 Å². The Kier molecular flexibility index (Phi) is 5.69. The molecule has 0 spiro atoms. The summed E-state index contributed by atoms with van der Waals surface area (Å²) in [5.74, 6) is 4.31. The van der Waals surface area contributed by atoms with Gasteiger partial charge in [-0.2, -0.15) is 0 Å². The maximum absolute atomic E-state index is 13.8. The maximum Gasteiger partial charge on any atom is 0.254 e. The van der Waals surface area contributed by atoms with Crippen LogP contribution in [0, 0.1) is 11.7 Å². The normalized spacial score (nSPS) is 13.7. The van der Waals surface area contributed by atoms with Crippen LogP contribution in [0.3, 0.4) is 0 Å². The standard InChI is InChI=1S/C13H21FN4O/c1-4-8(2)7-9(3)17-13(19)10-5-6-16-12(18-15)11(10)14/h5-6,8-9H,4,7,15H2,1-3H3,(H,16,18)(H,17,19). The van der Waals surface area contributed by atoms with E-state index in [2.05, 4.69) is 29.6 Å². The molecule has 2 unspecified atom stereocenters. The zero-order chi connectivity index (χ0) is 14.4. The highest BCUT2D eigenvalue weighted by atomic mass is 19.1. The van der Waals surface area contributed by atoms with Gasteiger partial charge >= 0.3 is 0 Å². The van der Waals surface area contributed by atoms with Gasteiger partial charge in [0.1, 0.15) is 0 Å². The van der Waals surface area contributed by atoms with Crippen LogP contribution in [0.25, 0.3) is 0 Å². The fourth-order valence-corrected chi connectivity index (χ4v) is 1.85. The first kappa shape index (κ1) is 15.4. The number of amides is 1. The van der Waals surface area contributed by atoms with Crippen molar-refractivity contribution in [2.45, 2.75) is 39.7 Å². The first-order valence-corrected chi connectivity index (χ1v) is 6.41. The maximum atomic E-state index is 13.8. The lowest BCUT2D eigenvalue weighted by atomic mass is 10.0. The molecule has 1 rings (SSSR count). The number of nitrogen functional groups attached to an aromatic ring is 1. The van der Waals surface area contributed by atoms with Crippen molar-refractivity contribution in [3.63, 3.8) is 0 Å². The number of halogens is 1. The van der Waals surface area contributed by atoms with Crippen LogP contribution in [-0.4, -0.2) is 16.9 Å². The Hall–Kier alpha value is -1.69. The first-order valence-electron chi connectivity index (χ1n) is 6.41. The lowest BCUT2D eigenvalue weighted by Crippen LogP contribution is -2.34. The second-order valence-electron chi connectivity index (χ2n) is 4.79. The van der Waals surface area contributed by atoms with Crippen molar-refractivity contribution in [2.75, 3.05) is 5.43 Å². The molecule has 4 N–H and O–H groups in total. The van der Waals surface area contributed by atoms with Gasteiger partial charge in [-0.25, -0.2) is 15.2 Å². The molecule has 0 aromatic carbocycles. The van der Waals surface area contributed by atoms with E-state index in [0.29, 0.717) is 5.92 Å². The number of hydrogen-bond acceptors (Lipinski definition) is 4. The van der Waals surface area contributed by atoms with E-state index >= 15 is 0 Å². The van der Waals surface area contributed by atoms with Crippen LogP contribution in [0.1, 0.15) is 44.0 Å². The quantitative estimate of drug-likeness (QED) is 0.545. The molecule has 1 aromatic heterocycles. The highest BCUT2D eigenvalue weighted by Crippen LogP contribution is 2.15. The monoisotopic (exact) mass is 268 g/mol. The molecule has 19 heavy (non-hydrogen) atoms. The fraction of sp³-hybridized carbons (Fsp3) is 0.538. The van der Waals surface area contributed by atoms with E-state index in [1.54, 1.807) is 0 Å². The summed E-state index contributed by atoms with van der Waals surface area (Å²) in [6.07, 6.45) is 3.24. The van der Waals surface area contributed by atoms with Crippen LogP contribution in [0.4, 0.5) is 10.2 Å². The number of aromatic nitrogens is 1. The molecule has 1 aromatic rings. The zero-order valence-corrected chi connectivity index (χ0v) is 11.5. The third-order valence-corrected chi connectivity index (χ3v) is 3.10. The van der Waals surface area contributed by atoms with Crippen LogP contribution in [0.5, 0.6) is 0 Å². The first-order chi connectivity index (χ1) is 8.99. The molecule has 0 fully saturated rings. The lowest BCUT2D eigenvalue weighted by molar-refractivity contribution is 0.0931. The van der Waals surface area contributed by atoms with Crippen molar-refractivity contribution in [2.24, 2.45) is 11.8 Å². The third kappa shape index (κ3) is 4.17. The predicted molar refractivity (Wildman–Crippen MR) is 73.0 cm³/mol. The van der Waals surface area contributed by atoms with Crippen LogP contribution in [-0.2, 0) is 0 Å². The van der Waals surface area contributed by atoms with E-state index in [-0.39, 0.29) is 17.4 Å². The summed E-state index contributed by atoms with van der Waals surface area (Å²) in [5, 5.41) is 2.78. The zero-order valence-electron chi connectivity index (χ0n) is 11.5. The number of hydrazine groups is 1. The fourth-order valence-electron chi connectivity index (χ4n) is 1.85. The molecule has 0 saturated carbocycles. The van der Waals surface area contributed by atoms with Crippen LogP contribution in [0.2, 0.25) is 0 Å². The highest BCUT2D eigenvalue weighted by Gasteiger charge is 2.18. The van der Waals surface area contributed by atoms with E-state index in [1.165, 1.54) is 12.3 Å². The van der Waals surface area contributed by atoms with Gasteiger partial charge in [0, 0.05) is 12.2 Å². The van der Waals surface area contributed by atoms with Crippen molar-refractivity contribution < 1.29 is 9.18 Å². The van der Waals surface area contributed by atoms with E-state index < -0.39 is 11.7 Å². The Bertz CT molecular complexity index is 439. The summed E-state index contributed by atoms with van der Waals surface area (Å²) in [6, 6.07) is 1.32. The molecular weight excluding hydrogens is 247 g/mol. The minimum absolute atomic E-state index is 0.00991.